The van der Waals surface area contributed by atoms with E-state index in [4.69, 9.17) is 14.3 Å². The number of rotatable bonds is 9. The number of ketones is 1. The van der Waals surface area contributed by atoms with Crippen molar-refractivity contribution in [2.24, 2.45) is 5.14 Å². The van der Waals surface area contributed by atoms with Crippen molar-refractivity contribution in [2.75, 3.05) is 0 Å². The number of sulfonamides is 1. The Morgan fingerprint density at radius 2 is 1.56 bits per heavy atom. The molecule has 174 valence electrons. The SMILES string of the molecule is Cc1oc(CCC(=O)c2ccccc2S(N)(=O)=O)cc1COc1ccc(-c2ccccc2)cc1. The standard InChI is InChI=1S/C27H25NO5S/c1-19-22(18-32-23-13-11-21(12-14-23)20-7-3-2-4-8-20)17-24(33-19)15-16-26(29)25-9-5-6-10-27(25)34(28,30)31/h2-14,17H,15-16,18H2,1H3,(H2,28,30,31). The molecule has 0 bridgehead atoms. The number of aryl methyl sites for hydroxylation is 2. The highest BCUT2D eigenvalue weighted by Gasteiger charge is 2.19. The molecule has 3 aromatic carbocycles. The van der Waals surface area contributed by atoms with Crippen molar-refractivity contribution in [2.45, 2.75) is 31.3 Å². The van der Waals surface area contributed by atoms with Crippen molar-refractivity contribution < 1.29 is 22.4 Å². The third-order valence-corrected chi connectivity index (χ3v) is 6.49. The topological polar surface area (TPSA) is 99.6 Å². The Hall–Kier alpha value is -3.68. The first-order valence-corrected chi connectivity index (χ1v) is 12.4. The second-order valence-corrected chi connectivity index (χ2v) is 9.47. The number of Topliss-reactive ketones (excluding diaryl/α,β-unsaturated/α-hetero) is 1. The van der Waals surface area contributed by atoms with E-state index in [2.05, 4.69) is 12.1 Å². The third kappa shape index (κ3) is 5.62. The maximum absolute atomic E-state index is 12.6. The molecular weight excluding hydrogens is 450 g/mol. The van der Waals surface area contributed by atoms with Crippen LogP contribution in [0.1, 0.15) is 33.9 Å². The maximum atomic E-state index is 12.6. The van der Waals surface area contributed by atoms with Gasteiger partial charge in [-0.3, -0.25) is 4.79 Å². The van der Waals surface area contributed by atoms with Crippen LogP contribution in [0, 0.1) is 6.92 Å². The molecule has 0 saturated carbocycles. The van der Waals surface area contributed by atoms with E-state index >= 15 is 0 Å². The zero-order valence-electron chi connectivity index (χ0n) is 18.7. The van der Waals surface area contributed by atoms with Gasteiger partial charge in [-0.25, -0.2) is 13.6 Å². The van der Waals surface area contributed by atoms with Gasteiger partial charge < -0.3 is 9.15 Å². The van der Waals surface area contributed by atoms with Gasteiger partial charge >= 0.3 is 0 Å². The summed E-state index contributed by atoms with van der Waals surface area (Å²) in [5, 5.41) is 5.23. The Labute approximate surface area is 199 Å². The first-order chi connectivity index (χ1) is 16.3. The molecule has 0 aliphatic rings. The lowest BCUT2D eigenvalue weighted by atomic mass is 10.1. The lowest BCUT2D eigenvalue weighted by Gasteiger charge is -2.07. The molecule has 7 heteroatoms. The number of ether oxygens (including phenoxy) is 1. The van der Waals surface area contributed by atoms with Gasteiger partial charge in [-0.05, 0) is 42.3 Å². The summed E-state index contributed by atoms with van der Waals surface area (Å²) in [5.41, 5.74) is 3.24. The Kier molecular flexibility index (Phi) is 6.95. The molecule has 0 fully saturated rings. The number of hydrogen-bond donors (Lipinski definition) is 1. The van der Waals surface area contributed by atoms with Crippen LogP contribution in [0.2, 0.25) is 0 Å². The molecule has 4 rings (SSSR count). The quantitative estimate of drug-likeness (QED) is 0.331. The normalized spacial score (nSPS) is 11.4. The molecule has 1 aromatic heterocycles. The number of carbonyl (C=O) groups is 1. The van der Waals surface area contributed by atoms with Crippen LogP contribution in [0.15, 0.2) is 94.2 Å². The smallest absolute Gasteiger partial charge is 0.238 e. The first kappa shape index (κ1) is 23.5. The number of carbonyl (C=O) groups excluding carboxylic acids is 1. The van der Waals surface area contributed by atoms with Crippen molar-refractivity contribution in [3.8, 4) is 16.9 Å². The molecule has 0 aliphatic carbocycles. The summed E-state index contributed by atoms with van der Waals surface area (Å²) in [7, 11) is -3.98. The number of primary sulfonamides is 1. The highest BCUT2D eigenvalue weighted by atomic mass is 32.2. The number of nitrogens with two attached hydrogens (primary N) is 1. The summed E-state index contributed by atoms with van der Waals surface area (Å²) in [5.74, 6) is 1.79. The highest BCUT2D eigenvalue weighted by molar-refractivity contribution is 7.89. The van der Waals surface area contributed by atoms with Crippen LogP contribution in [-0.4, -0.2) is 14.2 Å². The van der Waals surface area contributed by atoms with Gasteiger partial charge in [0.1, 0.15) is 23.9 Å². The predicted molar refractivity (Wildman–Crippen MR) is 130 cm³/mol. The van der Waals surface area contributed by atoms with Gasteiger partial charge in [0.05, 0.1) is 4.90 Å². The summed E-state index contributed by atoms with van der Waals surface area (Å²) in [6.07, 6.45) is 0.436. The number of furan rings is 1. The molecule has 0 saturated heterocycles. The van der Waals surface area contributed by atoms with E-state index in [1.165, 1.54) is 18.2 Å². The molecule has 4 aromatic rings. The molecule has 0 amide bonds. The van der Waals surface area contributed by atoms with Gasteiger partial charge in [0.15, 0.2) is 5.78 Å². The van der Waals surface area contributed by atoms with E-state index in [-0.39, 0.29) is 22.7 Å². The third-order valence-electron chi connectivity index (χ3n) is 5.52. The maximum Gasteiger partial charge on any atom is 0.238 e. The summed E-state index contributed by atoms with van der Waals surface area (Å²) in [6.45, 7) is 2.18. The molecular formula is C27H25NO5S. The zero-order chi connectivity index (χ0) is 24.1. The zero-order valence-corrected chi connectivity index (χ0v) is 19.5. The van der Waals surface area contributed by atoms with Gasteiger partial charge in [0.2, 0.25) is 10.0 Å². The van der Waals surface area contributed by atoms with E-state index in [0.717, 1.165) is 22.4 Å². The van der Waals surface area contributed by atoms with Crippen LogP contribution in [0.25, 0.3) is 11.1 Å². The Bertz CT molecular complexity index is 1390. The molecule has 0 atom stereocenters. The Morgan fingerprint density at radius 1 is 0.912 bits per heavy atom. The fourth-order valence-electron chi connectivity index (χ4n) is 3.71. The Balaban J connectivity index is 1.36. The van der Waals surface area contributed by atoms with Crippen LogP contribution >= 0.6 is 0 Å². The highest BCUT2D eigenvalue weighted by Crippen LogP contribution is 2.24. The lowest BCUT2D eigenvalue weighted by molar-refractivity contribution is 0.0977. The van der Waals surface area contributed by atoms with Gasteiger partial charge in [0.25, 0.3) is 0 Å². The van der Waals surface area contributed by atoms with Crippen LogP contribution in [-0.2, 0) is 23.1 Å². The lowest BCUT2D eigenvalue weighted by Crippen LogP contribution is -2.16. The molecule has 0 radical (unpaired) electrons. The minimum Gasteiger partial charge on any atom is -0.489 e. The van der Waals surface area contributed by atoms with E-state index in [9.17, 15) is 13.2 Å². The van der Waals surface area contributed by atoms with E-state index < -0.39 is 10.0 Å². The van der Waals surface area contributed by atoms with E-state index in [1.54, 1.807) is 6.07 Å². The van der Waals surface area contributed by atoms with Crippen molar-refractivity contribution in [1.82, 2.24) is 0 Å². The van der Waals surface area contributed by atoms with Crippen molar-refractivity contribution in [3.05, 3.63) is 108 Å². The van der Waals surface area contributed by atoms with Crippen molar-refractivity contribution in [3.63, 3.8) is 0 Å². The van der Waals surface area contributed by atoms with Gasteiger partial charge in [-0.1, -0.05) is 60.7 Å². The summed E-state index contributed by atoms with van der Waals surface area (Å²) >= 11 is 0. The second kappa shape index (κ2) is 10.1. The summed E-state index contributed by atoms with van der Waals surface area (Å²) < 4.78 is 35.2. The van der Waals surface area contributed by atoms with E-state index in [1.807, 2.05) is 55.5 Å². The van der Waals surface area contributed by atoms with Gasteiger partial charge in [-0.2, -0.15) is 0 Å². The fourth-order valence-corrected chi connectivity index (χ4v) is 4.46. The second-order valence-electron chi connectivity index (χ2n) is 7.94. The molecule has 34 heavy (non-hydrogen) atoms. The number of benzene rings is 3. The number of hydrogen-bond acceptors (Lipinski definition) is 5. The minimum absolute atomic E-state index is 0.0933. The van der Waals surface area contributed by atoms with E-state index in [0.29, 0.717) is 24.5 Å². The average Bonchev–Trinajstić information content (AvgIpc) is 3.21. The molecule has 0 unspecified atom stereocenters. The Morgan fingerprint density at radius 3 is 2.26 bits per heavy atom. The minimum atomic E-state index is -3.98. The molecule has 0 spiro atoms. The molecule has 6 nitrogen and oxygen atoms in total. The fraction of sp³-hybridized carbons (Fsp3) is 0.148. The molecule has 0 aliphatic heterocycles. The predicted octanol–water partition coefficient (Wildman–Crippen LogP) is 5.30. The van der Waals surface area contributed by atoms with Gasteiger partial charge in [-0.15, -0.1) is 0 Å². The van der Waals surface area contributed by atoms with Crippen LogP contribution in [0.4, 0.5) is 0 Å². The molecule has 2 N–H and O–H groups in total. The van der Waals surface area contributed by atoms with Crippen LogP contribution in [0.3, 0.4) is 0 Å². The summed E-state index contributed by atoms with van der Waals surface area (Å²) in [4.78, 5) is 12.5. The average molecular weight is 476 g/mol. The van der Waals surface area contributed by atoms with Crippen molar-refractivity contribution in [1.29, 1.82) is 0 Å². The largest absolute Gasteiger partial charge is 0.489 e. The van der Waals surface area contributed by atoms with Crippen LogP contribution in [0.5, 0.6) is 5.75 Å². The summed E-state index contributed by atoms with van der Waals surface area (Å²) in [6, 6.07) is 25.8. The molecule has 1 heterocycles. The van der Waals surface area contributed by atoms with Crippen LogP contribution < -0.4 is 9.88 Å². The van der Waals surface area contributed by atoms with Gasteiger partial charge in [0, 0.05) is 24.0 Å². The van der Waals surface area contributed by atoms with Crippen molar-refractivity contribution >= 4 is 15.8 Å². The monoisotopic (exact) mass is 475 g/mol. The first-order valence-electron chi connectivity index (χ1n) is 10.8.